The van der Waals surface area contributed by atoms with E-state index < -0.39 is 0 Å². The van der Waals surface area contributed by atoms with E-state index in [1.807, 2.05) is 37.3 Å². The number of hydrogen-bond donors (Lipinski definition) is 0. The minimum atomic E-state index is -0.367. The molecule has 0 aromatic heterocycles. The van der Waals surface area contributed by atoms with Crippen molar-refractivity contribution in [1.29, 1.82) is 0 Å². The zero-order valence-electron chi connectivity index (χ0n) is 16.8. The molecule has 0 atom stereocenters. The van der Waals surface area contributed by atoms with Crippen molar-refractivity contribution < 1.29 is 23.8 Å². The summed E-state index contributed by atoms with van der Waals surface area (Å²) in [5, 5.41) is 0. The molecule has 150 valence electrons. The summed E-state index contributed by atoms with van der Waals surface area (Å²) in [5.74, 6) is 1.30. The average molecular weight is 384 g/mol. The van der Waals surface area contributed by atoms with Gasteiger partial charge in [0.25, 0.3) is 0 Å². The lowest BCUT2D eigenvalue weighted by Gasteiger charge is -2.17. The van der Waals surface area contributed by atoms with Gasteiger partial charge in [0.2, 0.25) is 0 Å². The van der Waals surface area contributed by atoms with Crippen molar-refractivity contribution in [3.63, 3.8) is 0 Å². The molecule has 0 aliphatic rings. The van der Waals surface area contributed by atoms with Crippen LogP contribution >= 0.6 is 0 Å². The minimum Gasteiger partial charge on any atom is -0.493 e. The Balaban J connectivity index is 2.08. The number of ether oxygens (including phenoxy) is 3. The summed E-state index contributed by atoms with van der Waals surface area (Å²) in [6.45, 7) is 6.22. The van der Waals surface area contributed by atoms with Crippen LogP contribution in [0.1, 0.15) is 56.0 Å². The topological polar surface area (TPSA) is 61.8 Å². The van der Waals surface area contributed by atoms with E-state index in [0.717, 1.165) is 17.7 Å². The Kier molecular flexibility index (Phi) is 8.53. The van der Waals surface area contributed by atoms with Crippen molar-refractivity contribution in [2.24, 2.45) is 0 Å². The van der Waals surface area contributed by atoms with Crippen LogP contribution in [0.4, 0.5) is 0 Å². The van der Waals surface area contributed by atoms with Gasteiger partial charge >= 0.3 is 5.97 Å². The molecule has 5 nitrogen and oxygen atoms in total. The van der Waals surface area contributed by atoms with Gasteiger partial charge in [-0.1, -0.05) is 38.5 Å². The summed E-state index contributed by atoms with van der Waals surface area (Å²) in [6.07, 6.45) is 2.44. The first-order chi connectivity index (χ1) is 13.6. The highest BCUT2D eigenvalue weighted by atomic mass is 16.5. The average Bonchev–Trinajstić information content (AvgIpc) is 2.70. The number of esters is 1. The van der Waals surface area contributed by atoms with Gasteiger partial charge in [-0.05, 0) is 37.6 Å². The van der Waals surface area contributed by atoms with Gasteiger partial charge < -0.3 is 14.2 Å². The van der Waals surface area contributed by atoms with E-state index >= 15 is 0 Å². The number of rotatable bonds is 11. The van der Waals surface area contributed by atoms with E-state index in [-0.39, 0.29) is 18.2 Å². The molecule has 2 rings (SSSR count). The molecule has 0 heterocycles. The van der Waals surface area contributed by atoms with Gasteiger partial charge in [-0.3, -0.25) is 9.59 Å². The van der Waals surface area contributed by atoms with Crippen LogP contribution in [0, 0.1) is 0 Å². The van der Waals surface area contributed by atoms with Crippen LogP contribution in [0.3, 0.4) is 0 Å². The Morgan fingerprint density at radius 1 is 0.929 bits per heavy atom. The maximum atomic E-state index is 12.0. The molecule has 0 fully saturated rings. The molecular weight excluding hydrogens is 356 g/mol. The van der Waals surface area contributed by atoms with E-state index in [4.69, 9.17) is 14.2 Å². The van der Waals surface area contributed by atoms with Gasteiger partial charge in [-0.25, -0.2) is 0 Å². The van der Waals surface area contributed by atoms with Gasteiger partial charge in [0.15, 0.2) is 5.78 Å². The van der Waals surface area contributed by atoms with Gasteiger partial charge in [0, 0.05) is 18.4 Å². The Hall–Kier alpha value is -2.82. The molecule has 2 aromatic carbocycles. The lowest BCUT2D eigenvalue weighted by molar-refractivity contribution is -0.134. The Morgan fingerprint density at radius 2 is 1.64 bits per heavy atom. The first kappa shape index (κ1) is 21.5. The van der Waals surface area contributed by atoms with Crippen LogP contribution in [0.15, 0.2) is 42.5 Å². The van der Waals surface area contributed by atoms with Crippen molar-refractivity contribution in [1.82, 2.24) is 0 Å². The molecule has 28 heavy (non-hydrogen) atoms. The quantitative estimate of drug-likeness (QED) is 0.236. The van der Waals surface area contributed by atoms with Crippen molar-refractivity contribution in [2.45, 2.75) is 46.5 Å². The second-order valence-corrected chi connectivity index (χ2v) is 6.42. The highest BCUT2D eigenvalue weighted by Gasteiger charge is 2.20. The molecule has 0 radical (unpaired) electrons. The van der Waals surface area contributed by atoms with Crippen LogP contribution in [0.25, 0.3) is 0 Å². The van der Waals surface area contributed by atoms with Crippen molar-refractivity contribution in [3.05, 3.63) is 53.6 Å². The van der Waals surface area contributed by atoms with E-state index in [9.17, 15) is 9.59 Å². The summed E-state index contributed by atoms with van der Waals surface area (Å²) in [5.41, 5.74) is 1.17. The third-order valence-corrected chi connectivity index (χ3v) is 4.16. The van der Waals surface area contributed by atoms with Crippen molar-refractivity contribution >= 4 is 11.8 Å². The maximum Gasteiger partial charge on any atom is 0.310 e. The Morgan fingerprint density at radius 3 is 2.29 bits per heavy atom. The highest BCUT2D eigenvalue weighted by Crippen LogP contribution is 2.34. The third-order valence-electron chi connectivity index (χ3n) is 4.16. The third kappa shape index (κ3) is 6.12. The molecule has 5 heteroatoms. The van der Waals surface area contributed by atoms with Crippen molar-refractivity contribution in [3.8, 4) is 17.2 Å². The molecule has 0 N–H and O–H groups in total. The van der Waals surface area contributed by atoms with E-state index in [0.29, 0.717) is 43.1 Å². The number of carbonyl (C=O) groups is 2. The molecule has 0 bridgehead atoms. The standard InChI is InChI=1S/C23H28O5/c1-4-10-20-21(27-16-9-15-26-18-11-7-6-8-12-18)14-13-19(17(3)24)23(20)28-22(25)5-2/h6-8,11-14H,4-5,9-10,15-16H2,1-3H3. The summed E-state index contributed by atoms with van der Waals surface area (Å²) in [6, 6.07) is 13.1. The summed E-state index contributed by atoms with van der Waals surface area (Å²) >= 11 is 0. The van der Waals surface area contributed by atoms with Crippen LogP contribution < -0.4 is 14.2 Å². The fraction of sp³-hybridized carbons (Fsp3) is 0.391. The molecule has 0 aliphatic carbocycles. The molecule has 0 saturated heterocycles. The Bertz CT molecular complexity index is 783. The van der Waals surface area contributed by atoms with Crippen LogP contribution in [0.2, 0.25) is 0 Å². The second-order valence-electron chi connectivity index (χ2n) is 6.42. The zero-order valence-corrected chi connectivity index (χ0v) is 16.8. The molecule has 2 aromatic rings. The van der Waals surface area contributed by atoms with Crippen molar-refractivity contribution in [2.75, 3.05) is 13.2 Å². The number of ketones is 1. The van der Waals surface area contributed by atoms with E-state index in [2.05, 4.69) is 0 Å². The molecular formula is C23H28O5. The Labute approximate surface area is 166 Å². The SMILES string of the molecule is CCCc1c(OCCCOc2ccccc2)ccc(C(C)=O)c1OC(=O)CC. The predicted octanol–water partition coefficient (Wildman–Crippen LogP) is 5.01. The summed E-state index contributed by atoms with van der Waals surface area (Å²) < 4.78 is 17.1. The number of hydrogen-bond acceptors (Lipinski definition) is 5. The number of carbonyl (C=O) groups excluding carboxylic acids is 2. The fourth-order valence-corrected chi connectivity index (χ4v) is 2.76. The fourth-order valence-electron chi connectivity index (χ4n) is 2.76. The first-order valence-electron chi connectivity index (χ1n) is 9.74. The van der Waals surface area contributed by atoms with Gasteiger partial charge in [0.05, 0.1) is 18.8 Å². The van der Waals surface area contributed by atoms with Crippen LogP contribution in [-0.4, -0.2) is 25.0 Å². The molecule has 0 unspecified atom stereocenters. The molecule has 0 amide bonds. The number of para-hydroxylation sites is 1. The lowest BCUT2D eigenvalue weighted by atomic mass is 10.0. The predicted molar refractivity (Wildman–Crippen MR) is 108 cm³/mol. The maximum absolute atomic E-state index is 12.0. The minimum absolute atomic E-state index is 0.140. The van der Waals surface area contributed by atoms with Crippen LogP contribution in [-0.2, 0) is 11.2 Å². The largest absolute Gasteiger partial charge is 0.493 e. The van der Waals surface area contributed by atoms with Gasteiger partial charge in [0.1, 0.15) is 17.2 Å². The summed E-state index contributed by atoms with van der Waals surface area (Å²) in [7, 11) is 0. The first-order valence-corrected chi connectivity index (χ1v) is 9.74. The molecule has 0 aliphatic heterocycles. The number of Topliss-reactive ketones (excluding diaryl/α,β-unsaturated/α-hetero) is 1. The van der Waals surface area contributed by atoms with E-state index in [1.165, 1.54) is 6.92 Å². The van der Waals surface area contributed by atoms with Gasteiger partial charge in [-0.15, -0.1) is 0 Å². The molecule has 0 saturated carbocycles. The van der Waals surface area contributed by atoms with Crippen LogP contribution in [0.5, 0.6) is 17.2 Å². The van der Waals surface area contributed by atoms with E-state index in [1.54, 1.807) is 19.1 Å². The normalized spacial score (nSPS) is 10.4. The monoisotopic (exact) mass is 384 g/mol. The summed E-state index contributed by atoms with van der Waals surface area (Å²) in [4.78, 5) is 23.9. The smallest absolute Gasteiger partial charge is 0.310 e. The number of benzene rings is 2. The second kappa shape index (κ2) is 11.1. The zero-order chi connectivity index (χ0) is 20.4. The van der Waals surface area contributed by atoms with Gasteiger partial charge in [-0.2, -0.15) is 0 Å². The molecule has 0 spiro atoms. The highest BCUT2D eigenvalue weighted by molar-refractivity contribution is 5.98. The lowest BCUT2D eigenvalue weighted by Crippen LogP contribution is -2.13.